The molecule has 1 aromatic heterocycles. The van der Waals surface area contributed by atoms with E-state index in [2.05, 4.69) is 10.3 Å². The molecule has 1 heterocycles. The van der Waals surface area contributed by atoms with Gasteiger partial charge in [0.05, 0.1) is 18.7 Å². The zero-order valence-corrected chi connectivity index (χ0v) is 15.4. The van der Waals surface area contributed by atoms with Gasteiger partial charge in [0.1, 0.15) is 0 Å². The molecule has 0 atom stereocenters. The second-order valence-electron chi connectivity index (χ2n) is 5.55. The van der Waals surface area contributed by atoms with Gasteiger partial charge >= 0.3 is 0 Å². The summed E-state index contributed by atoms with van der Waals surface area (Å²) in [5, 5.41) is 3.02. The van der Waals surface area contributed by atoms with Gasteiger partial charge < -0.3 is 19.8 Å². The summed E-state index contributed by atoms with van der Waals surface area (Å²) < 4.78 is 10.7. The first-order chi connectivity index (χ1) is 11.9. The van der Waals surface area contributed by atoms with Crippen LogP contribution in [0.25, 0.3) is 0 Å². The van der Waals surface area contributed by atoms with Crippen molar-refractivity contribution in [3.8, 4) is 11.5 Å². The first-order valence-electron chi connectivity index (χ1n) is 7.85. The van der Waals surface area contributed by atoms with Crippen LogP contribution in [0.4, 0.5) is 0 Å². The molecule has 134 valence electrons. The average Bonchev–Trinajstić information content (AvgIpc) is 2.55. The van der Waals surface area contributed by atoms with E-state index in [0.29, 0.717) is 29.2 Å². The number of amides is 1. The van der Waals surface area contributed by atoms with Crippen LogP contribution in [0.15, 0.2) is 23.0 Å². The summed E-state index contributed by atoms with van der Waals surface area (Å²) in [4.78, 5) is 27.2. The maximum absolute atomic E-state index is 12.4. The number of rotatable bonds is 6. The van der Waals surface area contributed by atoms with Crippen LogP contribution in [0.5, 0.6) is 11.5 Å². The second kappa shape index (κ2) is 8.07. The number of ether oxygens (including phenoxy) is 2. The molecule has 7 heteroatoms. The molecule has 1 amide bonds. The molecule has 25 heavy (non-hydrogen) atoms. The van der Waals surface area contributed by atoms with Gasteiger partial charge in [-0.2, -0.15) is 0 Å². The van der Waals surface area contributed by atoms with Crippen molar-refractivity contribution in [2.24, 2.45) is 0 Å². The van der Waals surface area contributed by atoms with Gasteiger partial charge in [-0.05, 0) is 44.5 Å². The molecule has 0 aliphatic heterocycles. The second-order valence-corrected chi connectivity index (χ2v) is 5.96. The number of benzene rings is 1. The van der Waals surface area contributed by atoms with Gasteiger partial charge in [-0.15, -0.1) is 0 Å². The zero-order chi connectivity index (χ0) is 18.6. The minimum Gasteiger partial charge on any atom is -0.493 e. The Morgan fingerprint density at radius 1 is 1.28 bits per heavy atom. The number of nitrogens with one attached hydrogen (secondary N) is 2. The highest BCUT2D eigenvalue weighted by Crippen LogP contribution is 2.36. The fraction of sp³-hybridized carbons (Fsp3) is 0.333. The summed E-state index contributed by atoms with van der Waals surface area (Å²) in [7, 11) is 1.48. The SMILES string of the molecule is CCOc1c(Cl)cc(C(=O)NCc2c(C)cc(C)[nH]c2=O)cc1OC. The molecule has 0 spiro atoms. The molecule has 0 unspecified atom stereocenters. The number of carbonyl (C=O) groups excluding carboxylic acids is 1. The van der Waals surface area contributed by atoms with E-state index in [9.17, 15) is 9.59 Å². The predicted molar refractivity (Wildman–Crippen MR) is 96.9 cm³/mol. The Balaban J connectivity index is 2.22. The van der Waals surface area contributed by atoms with Crippen LogP contribution in [-0.4, -0.2) is 24.6 Å². The highest BCUT2D eigenvalue weighted by Gasteiger charge is 2.16. The van der Waals surface area contributed by atoms with Gasteiger partial charge in [0.15, 0.2) is 11.5 Å². The van der Waals surface area contributed by atoms with Crippen LogP contribution in [0, 0.1) is 13.8 Å². The number of carbonyl (C=O) groups is 1. The van der Waals surface area contributed by atoms with Crippen LogP contribution in [0.1, 0.15) is 34.1 Å². The number of methoxy groups -OCH3 is 1. The number of aryl methyl sites for hydroxylation is 2. The highest BCUT2D eigenvalue weighted by molar-refractivity contribution is 6.32. The van der Waals surface area contributed by atoms with Crippen LogP contribution in [0.2, 0.25) is 5.02 Å². The Morgan fingerprint density at radius 2 is 2.00 bits per heavy atom. The van der Waals surface area contributed by atoms with Crippen LogP contribution in [-0.2, 0) is 6.54 Å². The lowest BCUT2D eigenvalue weighted by molar-refractivity contribution is 0.0950. The van der Waals surface area contributed by atoms with E-state index >= 15 is 0 Å². The topological polar surface area (TPSA) is 80.4 Å². The van der Waals surface area contributed by atoms with E-state index in [0.717, 1.165) is 11.3 Å². The Hall–Kier alpha value is -2.47. The van der Waals surface area contributed by atoms with Crippen molar-refractivity contribution in [2.45, 2.75) is 27.3 Å². The van der Waals surface area contributed by atoms with Crippen molar-refractivity contribution in [2.75, 3.05) is 13.7 Å². The normalized spacial score (nSPS) is 10.4. The van der Waals surface area contributed by atoms with E-state index in [4.69, 9.17) is 21.1 Å². The first kappa shape index (κ1) is 18.9. The molecular weight excluding hydrogens is 344 g/mol. The molecule has 2 aromatic rings. The van der Waals surface area contributed by atoms with E-state index in [1.54, 1.807) is 6.07 Å². The van der Waals surface area contributed by atoms with Gasteiger partial charge in [0.2, 0.25) is 0 Å². The standard InChI is InChI=1S/C18H21ClN2O4/c1-5-25-16-14(19)7-12(8-15(16)24-4)17(22)20-9-13-10(2)6-11(3)21-18(13)23/h6-8H,5,9H2,1-4H3,(H,20,22)(H,21,23). The molecular formula is C18H21ClN2O4. The zero-order valence-electron chi connectivity index (χ0n) is 14.7. The van der Waals surface area contributed by atoms with Gasteiger partial charge in [-0.1, -0.05) is 11.6 Å². The van der Waals surface area contributed by atoms with Crippen LogP contribution >= 0.6 is 11.6 Å². The number of hydrogen-bond donors (Lipinski definition) is 2. The van der Waals surface area contributed by atoms with E-state index in [-0.39, 0.29) is 23.0 Å². The fourth-order valence-electron chi connectivity index (χ4n) is 2.51. The maximum atomic E-state index is 12.4. The maximum Gasteiger partial charge on any atom is 0.253 e. The molecule has 0 bridgehead atoms. The lowest BCUT2D eigenvalue weighted by atomic mass is 10.1. The first-order valence-corrected chi connectivity index (χ1v) is 8.23. The number of halogens is 1. The lowest BCUT2D eigenvalue weighted by Crippen LogP contribution is -2.28. The minimum atomic E-state index is -0.359. The third kappa shape index (κ3) is 4.33. The molecule has 0 aliphatic rings. The van der Waals surface area contributed by atoms with Crippen LogP contribution in [0.3, 0.4) is 0 Å². The molecule has 2 rings (SSSR count). The van der Waals surface area contributed by atoms with E-state index in [1.165, 1.54) is 13.2 Å². The Morgan fingerprint density at radius 3 is 2.60 bits per heavy atom. The molecule has 0 saturated heterocycles. The highest BCUT2D eigenvalue weighted by atomic mass is 35.5. The Labute approximate surface area is 151 Å². The largest absolute Gasteiger partial charge is 0.493 e. The number of aromatic nitrogens is 1. The molecule has 0 saturated carbocycles. The summed E-state index contributed by atoms with van der Waals surface area (Å²) >= 11 is 6.18. The number of aromatic amines is 1. The number of hydrogen-bond acceptors (Lipinski definition) is 4. The third-order valence-electron chi connectivity index (χ3n) is 3.70. The fourth-order valence-corrected chi connectivity index (χ4v) is 2.77. The molecule has 6 nitrogen and oxygen atoms in total. The van der Waals surface area contributed by atoms with E-state index in [1.807, 2.05) is 26.8 Å². The summed E-state index contributed by atoms with van der Waals surface area (Å²) in [5.74, 6) is 0.417. The van der Waals surface area contributed by atoms with Crippen molar-refractivity contribution in [3.63, 3.8) is 0 Å². The van der Waals surface area contributed by atoms with Gasteiger partial charge in [-0.25, -0.2) is 0 Å². The molecule has 2 N–H and O–H groups in total. The third-order valence-corrected chi connectivity index (χ3v) is 3.98. The van der Waals surface area contributed by atoms with Gasteiger partial charge in [0.25, 0.3) is 11.5 Å². The Kier molecular flexibility index (Phi) is 6.09. The van der Waals surface area contributed by atoms with Crippen molar-refractivity contribution in [1.82, 2.24) is 10.3 Å². The van der Waals surface area contributed by atoms with Crippen molar-refractivity contribution >= 4 is 17.5 Å². The molecule has 0 aliphatic carbocycles. The summed E-state index contributed by atoms with van der Waals surface area (Å²) in [6.45, 7) is 6.02. The smallest absolute Gasteiger partial charge is 0.253 e. The van der Waals surface area contributed by atoms with E-state index < -0.39 is 0 Å². The van der Waals surface area contributed by atoms with Crippen molar-refractivity contribution in [1.29, 1.82) is 0 Å². The minimum absolute atomic E-state index is 0.118. The Bertz CT molecular complexity index is 846. The van der Waals surface area contributed by atoms with Crippen LogP contribution < -0.4 is 20.3 Å². The summed E-state index contributed by atoms with van der Waals surface area (Å²) in [5.41, 5.74) is 2.24. The van der Waals surface area contributed by atoms with Crippen molar-refractivity contribution in [3.05, 3.63) is 56.0 Å². The molecule has 0 fully saturated rings. The monoisotopic (exact) mass is 364 g/mol. The average molecular weight is 365 g/mol. The lowest BCUT2D eigenvalue weighted by Gasteiger charge is -2.13. The molecule has 1 aromatic carbocycles. The van der Waals surface area contributed by atoms with Gasteiger partial charge in [0, 0.05) is 23.4 Å². The summed E-state index contributed by atoms with van der Waals surface area (Å²) in [6, 6.07) is 4.93. The van der Waals surface area contributed by atoms with Crippen molar-refractivity contribution < 1.29 is 14.3 Å². The van der Waals surface area contributed by atoms with Gasteiger partial charge in [-0.3, -0.25) is 9.59 Å². The molecule has 0 radical (unpaired) electrons. The number of pyridine rings is 1. The summed E-state index contributed by atoms with van der Waals surface area (Å²) in [6.07, 6.45) is 0. The predicted octanol–water partition coefficient (Wildman–Crippen LogP) is 2.98. The quantitative estimate of drug-likeness (QED) is 0.825. The number of H-pyrrole nitrogens is 1.